The maximum atomic E-state index is 11.7. The van der Waals surface area contributed by atoms with Gasteiger partial charge in [-0.05, 0) is 35.9 Å². The molecule has 19 heavy (non-hydrogen) atoms. The zero-order chi connectivity index (χ0) is 13.8. The van der Waals surface area contributed by atoms with Crippen molar-refractivity contribution >= 4 is 40.5 Å². The Labute approximate surface area is 117 Å². The van der Waals surface area contributed by atoms with E-state index in [1.54, 1.807) is 24.3 Å². The lowest BCUT2D eigenvalue weighted by molar-refractivity contribution is 0.0600. The molecule has 0 aliphatic rings. The van der Waals surface area contributed by atoms with Crippen LogP contribution >= 0.6 is 22.9 Å². The molecule has 1 amide bonds. The van der Waals surface area contributed by atoms with Crippen LogP contribution < -0.4 is 5.32 Å². The lowest BCUT2D eigenvalue weighted by Gasteiger charge is -2.03. The van der Waals surface area contributed by atoms with E-state index in [-0.39, 0.29) is 9.47 Å². The van der Waals surface area contributed by atoms with Crippen molar-refractivity contribution in [1.29, 1.82) is 0 Å². The Morgan fingerprint density at radius 3 is 2.47 bits per heavy atom. The predicted molar refractivity (Wildman–Crippen MR) is 70.7 cm³/mol. The number of anilines is 1. The number of carbonyl (C=O) groups is 2. The number of nitrogens with one attached hydrogen (secondary N) is 1. The number of esters is 1. The van der Waals surface area contributed by atoms with Crippen LogP contribution in [0.4, 0.5) is 5.69 Å². The number of ether oxygens (including phenoxy) is 1. The van der Waals surface area contributed by atoms with E-state index in [9.17, 15) is 9.59 Å². The fraction of sp³-hybridized carbons (Fsp3) is 0.0909. The molecule has 1 N–H and O–H groups in total. The van der Waals surface area contributed by atoms with Crippen molar-refractivity contribution in [3.05, 3.63) is 39.3 Å². The number of benzene rings is 1. The highest BCUT2D eigenvalue weighted by atomic mass is 35.5. The lowest BCUT2D eigenvalue weighted by atomic mass is 10.2. The first-order chi connectivity index (χ1) is 9.10. The molecule has 1 aromatic carbocycles. The molecule has 1 heterocycles. The highest BCUT2D eigenvalue weighted by Gasteiger charge is 2.12. The molecular formula is C11H8ClN3O3S. The second-order valence-corrected chi connectivity index (χ2v) is 4.94. The summed E-state index contributed by atoms with van der Waals surface area (Å²) in [5.41, 5.74) is 0.934. The number of hydrogen-bond acceptors (Lipinski definition) is 6. The molecular weight excluding hydrogens is 290 g/mol. The predicted octanol–water partition coefficient (Wildman–Crippen LogP) is 2.23. The number of amides is 1. The Morgan fingerprint density at radius 2 is 1.95 bits per heavy atom. The van der Waals surface area contributed by atoms with Crippen molar-refractivity contribution in [3.63, 3.8) is 0 Å². The lowest BCUT2D eigenvalue weighted by Crippen LogP contribution is -2.11. The molecule has 0 saturated heterocycles. The third-order valence-corrected chi connectivity index (χ3v) is 3.18. The fourth-order valence-corrected chi connectivity index (χ4v) is 2.01. The van der Waals surface area contributed by atoms with Crippen molar-refractivity contribution in [2.45, 2.75) is 0 Å². The standard InChI is InChI=1S/C11H8ClN3O3S/c1-18-10(17)6-2-4-7(5-3-6)13-8(16)9-14-15-11(12)19-9/h2-5H,1H3,(H,13,16). The second kappa shape index (κ2) is 5.77. The molecule has 0 saturated carbocycles. The van der Waals surface area contributed by atoms with Gasteiger partial charge in [-0.1, -0.05) is 11.3 Å². The molecule has 2 aromatic rings. The van der Waals surface area contributed by atoms with E-state index in [2.05, 4.69) is 20.3 Å². The van der Waals surface area contributed by atoms with Gasteiger partial charge in [-0.25, -0.2) is 4.79 Å². The van der Waals surface area contributed by atoms with E-state index in [1.165, 1.54) is 7.11 Å². The molecule has 0 aliphatic heterocycles. The van der Waals surface area contributed by atoms with Gasteiger partial charge in [0.25, 0.3) is 5.91 Å². The van der Waals surface area contributed by atoms with Crippen LogP contribution in [0.25, 0.3) is 0 Å². The number of rotatable bonds is 3. The number of halogens is 1. The van der Waals surface area contributed by atoms with Gasteiger partial charge >= 0.3 is 5.97 Å². The van der Waals surface area contributed by atoms with Crippen LogP contribution in [0.15, 0.2) is 24.3 Å². The van der Waals surface area contributed by atoms with Crippen molar-refractivity contribution in [3.8, 4) is 0 Å². The van der Waals surface area contributed by atoms with Gasteiger partial charge in [0.15, 0.2) is 0 Å². The van der Waals surface area contributed by atoms with E-state index in [0.29, 0.717) is 11.3 Å². The first kappa shape index (κ1) is 13.4. The summed E-state index contributed by atoms with van der Waals surface area (Å²) in [6, 6.07) is 6.28. The molecule has 0 atom stereocenters. The van der Waals surface area contributed by atoms with Crippen molar-refractivity contribution < 1.29 is 14.3 Å². The minimum atomic E-state index is -0.436. The molecule has 0 radical (unpaired) electrons. The molecule has 6 nitrogen and oxygen atoms in total. The van der Waals surface area contributed by atoms with Gasteiger partial charge in [-0.15, -0.1) is 10.2 Å². The van der Waals surface area contributed by atoms with Gasteiger partial charge in [0, 0.05) is 5.69 Å². The maximum absolute atomic E-state index is 11.7. The third kappa shape index (κ3) is 3.27. The molecule has 0 fully saturated rings. The van der Waals surface area contributed by atoms with Crippen LogP contribution in [0.3, 0.4) is 0 Å². The van der Waals surface area contributed by atoms with Gasteiger partial charge in [0.1, 0.15) is 0 Å². The minimum absolute atomic E-state index is 0.169. The third-order valence-electron chi connectivity index (χ3n) is 2.16. The Hall–Kier alpha value is -1.99. The van der Waals surface area contributed by atoms with Gasteiger partial charge in [0.05, 0.1) is 12.7 Å². The number of methoxy groups -OCH3 is 1. The van der Waals surface area contributed by atoms with E-state index in [4.69, 9.17) is 11.6 Å². The normalized spacial score (nSPS) is 10.0. The van der Waals surface area contributed by atoms with Crippen LogP contribution in [0.5, 0.6) is 0 Å². The van der Waals surface area contributed by atoms with E-state index < -0.39 is 11.9 Å². The first-order valence-electron chi connectivity index (χ1n) is 5.09. The monoisotopic (exact) mass is 297 g/mol. The number of nitrogens with zero attached hydrogens (tertiary/aromatic N) is 2. The van der Waals surface area contributed by atoms with Gasteiger partial charge < -0.3 is 10.1 Å². The Bertz CT molecular complexity index is 612. The summed E-state index contributed by atoms with van der Waals surface area (Å²) >= 11 is 6.58. The zero-order valence-electron chi connectivity index (χ0n) is 9.71. The number of aromatic nitrogens is 2. The Balaban J connectivity index is 2.07. The number of carbonyl (C=O) groups excluding carboxylic acids is 2. The average molecular weight is 298 g/mol. The zero-order valence-corrected chi connectivity index (χ0v) is 11.3. The van der Waals surface area contributed by atoms with Crippen LogP contribution in [-0.4, -0.2) is 29.2 Å². The molecule has 98 valence electrons. The highest BCUT2D eigenvalue weighted by Crippen LogP contribution is 2.17. The van der Waals surface area contributed by atoms with Crippen molar-refractivity contribution in [2.24, 2.45) is 0 Å². The smallest absolute Gasteiger partial charge is 0.337 e. The summed E-state index contributed by atoms with van der Waals surface area (Å²) in [4.78, 5) is 23.0. The fourth-order valence-electron chi connectivity index (χ4n) is 1.29. The summed E-state index contributed by atoms with van der Waals surface area (Å²) in [5, 5.41) is 9.94. The van der Waals surface area contributed by atoms with Gasteiger partial charge in [-0.2, -0.15) is 0 Å². The van der Waals surface area contributed by atoms with E-state index in [1.807, 2.05) is 0 Å². The molecule has 0 spiro atoms. The van der Waals surface area contributed by atoms with Crippen LogP contribution in [0, 0.1) is 0 Å². The molecule has 2 rings (SSSR count). The van der Waals surface area contributed by atoms with Crippen molar-refractivity contribution in [1.82, 2.24) is 10.2 Å². The largest absolute Gasteiger partial charge is 0.465 e. The first-order valence-corrected chi connectivity index (χ1v) is 6.28. The molecule has 0 unspecified atom stereocenters. The summed E-state index contributed by atoms with van der Waals surface area (Å²) < 4.78 is 4.77. The number of hydrogen-bond donors (Lipinski definition) is 1. The van der Waals surface area contributed by atoms with Crippen LogP contribution in [0.1, 0.15) is 20.2 Å². The molecule has 0 aliphatic carbocycles. The quantitative estimate of drug-likeness (QED) is 0.879. The van der Waals surface area contributed by atoms with Crippen LogP contribution in [0.2, 0.25) is 4.47 Å². The highest BCUT2D eigenvalue weighted by molar-refractivity contribution is 7.17. The van der Waals surface area contributed by atoms with E-state index in [0.717, 1.165) is 11.3 Å². The van der Waals surface area contributed by atoms with Crippen molar-refractivity contribution in [2.75, 3.05) is 12.4 Å². The Morgan fingerprint density at radius 1 is 1.26 bits per heavy atom. The second-order valence-electron chi connectivity index (χ2n) is 3.38. The summed E-state index contributed by atoms with van der Waals surface area (Å²) in [5.74, 6) is -0.844. The SMILES string of the molecule is COC(=O)c1ccc(NC(=O)c2nnc(Cl)s2)cc1. The van der Waals surface area contributed by atoms with E-state index >= 15 is 0 Å². The minimum Gasteiger partial charge on any atom is -0.465 e. The summed E-state index contributed by atoms with van der Waals surface area (Å²) in [6.45, 7) is 0. The summed E-state index contributed by atoms with van der Waals surface area (Å²) in [7, 11) is 1.30. The maximum Gasteiger partial charge on any atom is 0.337 e. The van der Waals surface area contributed by atoms with Gasteiger partial charge in [-0.3, -0.25) is 4.79 Å². The average Bonchev–Trinajstić information content (AvgIpc) is 2.85. The summed E-state index contributed by atoms with van der Waals surface area (Å²) in [6.07, 6.45) is 0. The molecule has 1 aromatic heterocycles. The Kier molecular flexibility index (Phi) is 4.08. The van der Waals surface area contributed by atoms with Crippen LogP contribution in [-0.2, 0) is 4.74 Å². The molecule has 0 bridgehead atoms. The topological polar surface area (TPSA) is 81.2 Å². The van der Waals surface area contributed by atoms with Gasteiger partial charge in [0.2, 0.25) is 9.47 Å². The molecule has 8 heteroatoms.